The number of nitrogens with zero attached hydrogens (tertiary/aromatic N) is 1. The van der Waals surface area contributed by atoms with Gasteiger partial charge < -0.3 is 10.1 Å². The second-order valence-corrected chi connectivity index (χ2v) is 10.1. The standard InChI is InChI=1S/C23H26N2O5S/c1-25(17-7-3-2-4-8-17)31(28,29)18-13-11-16(12-14-18)24-22(26)15-21-19-9-5-6-10-20(19)23(27)30-21/h5-6,9-14,17,21H,2-4,7-8,15H2,1H3,(H,24,26)/t21-/m1/s1. The van der Waals surface area contributed by atoms with Gasteiger partial charge in [-0.05, 0) is 43.2 Å². The molecule has 0 saturated heterocycles. The van der Waals surface area contributed by atoms with Crippen molar-refractivity contribution < 1.29 is 22.7 Å². The Kier molecular flexibility index (Phi) is 6.11. The topological polar surface area (TPSA) is 92.8 Å². The fraction of sp³-hybridized carbons (Fsp3) is 0.391. The summed E-state index contributed by atoms with van der Waals surface area (Å²) in [4.78, 5) is 24.6. The van der Waals surface area contributed by atoms with Crippen molar-refractivity contribution in [3.63, 3.8) is 0 Å². The van der Waals surface area contributed by atoms with Crippen LogP contribution in [0.1, 0.15) is 60.6 Å². The van der Waals surface area contributed by atoms with Crippen LogP contribution in [0.5, 0.6) is 0 Å². The smallest absolute Gasteiger partial charge is 0.339 e. The van der Waals surface area contributed by atoms with E-state index in [4.69, 9.17) is 4.74 Å². The van der Waals surface area contributed by atoms with Crippen molar-refractivity contribution in [1.29, 1.82) is 0 Å². The Morgan fingerprint density at radius 1 is 1.06 bits per heavy atom. The lowest BCUT2D eigenvalue weighted by atomic mass is 9.96. The van der Waals surface area contributed by atoms with Gasteiger partial charge in [0.15, 0.2) is 0 Å². The van der Waals surface area contributed by atoms with Crippen molar-refractivity contribution >= 4 is 27.6 Å². The third-order valence-electron chi connectivity index (χ3n) is 6.05. The molecule has 1 N–H and O–H groups in total. The van der Waals surface area contributed by atoms with Crippen LogP contribution < -0.4 is 5.32 Å². The van der Waals surface area contributed by atoms with Gasteiger partial charge >= 0.3 is 5.97 Å². The van der Waals surface area contributed by atoms with Gasteiger partial charge in [-0.2, -0.15) is 4.31 Å². The van der Waals surface area contributed by atoms with Crippen LogP contribution in [-0.2, 0) is 19.6 Å². The van der Waals surface area contributed by atoms with E-state index in [0.717, 1.165) is 32.1 Å². The highest BCUT2D eigenvalue weighted by Crippen LogP contribution is 2.33. The molecule has 2 aromatic rings. The molecule has 1 aliphatic carbocycles. The molecule has 1 saturated carbocycles. The molecule has 0 aromatic heterocycles. The molecule has 1 aliphatic heterocycles. The summed E-state index contributed by atoms with van der Waals surface area (Å²) in [5.41, 5.74) is 1.67. The highest BCUT2D eigenvalue weighted by atomic mass is 32.2. The summed E-state index contributed by atoms with van der Waals surface area (Å²) in [6, 6.07) is 13.2. The molecule has 7 nitrogen and oxygen atoms in total. The number of amides is 1. The number of hydrogen-bond donors (Lipinski definition) is 1. The van der Waals surface area contributed by atoms with Crippen molar-refractivity contribution in [2.75, 3.05) is 12.4 Å². The average molecular weight is 443 g/mol. The number of benzene rings is 2. The predicted octanol–water partition coefficient (Wildman–Crippen LogP) is 3.88. The Labute approximate surface area is 182 Å². The first-order chi connectivity index (χ1) is 14.9. The summed E-state index contributed by atoms with van der Waals surface area (Å²) in [7, 11) is -1.94. The maximum absolute atomic E-state index is 12.9. The van der Waals surface area contributed by atoms with Crippen molar-refractivity contribution in [1.82, 2.24) is 4.31 Å². The van der Waals surface area contributed by atoms with Crippen LogP contribution in [0, 0.1) is 0 Å². The molecule has 0 spiro atoms. The first kappa shape index (κ1) is 21.5. The van der Waals surface area contributed by atoms with Gasteiger partial charge in [0.25, 0.3) is 0 Å². The maximum atomic E-state index is 12.9. The zero-order valence-electron chi connectivity index (χ0n) is 17.4. The SMILES string of the molecule is CN(C1CCCCC1)S(=O)(=O)c1ccc(NC(=O)C[C@H]2OC(=O)c3ccccc32)cc1. The molecule has 0 bridgehead atoms. The number of anilines is 1. The van der Waals surface area contributed by atoms with E-state index in [-0.39, 0.29) is 23.3 Å². The fourth-order valence-corrected chi connectivity index (χ4v) is 5.69. The zero-order chi connectivity index (χ0) is 22.0. The van der Waals surface area contributed by atoms with Gasteiger partial charge in [0.1, 0.15) is 6.10 Å². The number of hydrogen-bond acceptors (Lipinski definition) is 5. The second kappa shape index (κ2) is 8.80. The molecule has 31 heavy (non-hydrogen) atoms. The van der Waals surface area contributed by atoms with Crippen LogP contribution in [0.25, 0.3) is 0 Å². The van der Waals surface area contributed by atoms with Crippen molar-refractivity contribution in [2.45, 2.75) is 55.6 Å². The number of nitrogens with one attached hydrogen (secondary N) is 1. The van der Waals surface area contributed by atoms with Crippen LogP contribution in [0.15, 0.2) is 53.4 Å². The van der Waals surface area contributed by atoms with E-state index >= 15 is 0 Å². The number of esters is 1. The highest BCUT2D eigenvalue weighted by molar-refractivity contribution is 7.89. The molecule has 1 fully saturated rings. The molecule has 8 heteroatoms. The number of carbonyl (C=O) groups is 2. The molecular formula is C23H26N2O5S. The minimum absolute atomic E-state index is 0.00673. The van der Waals surface area contributed by atoms with Gasteiger partial charge in [-0.1, -0.05) is 37.5 Å². The van der Waals surface area contributed by atoms with Crippen LogP contribution in [0.4, 0.5) is 5.69 Å². The lowest BCUT2D eigenvalue weighted by molar-refractivity contribution is -0.118. The van der Waals surface area contributed by atoms with E-state index in [1.807, 2.05) is 0 Å². The van der Waals surface area contributed by atoms with E-state index in [1.54, 1.807) is 43.4 Å². The summed E-state index contributed by atoms with van der Waals surface area (Å²) < 4.78 is 32.6. The maximum Gasteiger partial charge on any atom is 0.339 e. The van der Waals surface area contributed by atoms with Gasteiger partial charge in [-0.25, -0.2) is 13.2 Å². The lowest BCUT2D eigenvalue weighted by Crippen LogP contribution is -2.38. The van der Waals surface area contributed by atoms with E-state index in [9.17, 15) is 18.0 Å². The number of rotatable bonds is 6. The Morgan fingerprint density at radius 3 is 2.45 bits per heavy atom. The second-order valence-electron chi connectivity index (χ2n) is 8.07. The Bertz CT molecular complexity index is 1080. The van der Waals surface area contributed by atoms with Gasteiger partial charge in [-0.3, -0.25) is 4.79 Å². The molecule has 1 amide bonds. The zero-order valence-corrected chi connectivity index (χ0v) is 18.2. The normalized spacial score (nSPS) is 19.2. The van der Waals surface area contributed by atoms with Gasteiger partial charge in [0.05, 0.1) is 16.9 Å². The van der Waals surface area contributed by atoms with E-state index in [0.29, 0.717) is 16.8 Å². The van der Waals surface area contributed by atoms with Gasteiger partial charge in [-0.15, -0.1) is 0 Å². The third kappa shape index (κ3) is 4.50. The minimum atomic E-state index is -3.58. The van der Waals surface area contributed by atoms with Gasteiger partial charge in [0.2, 0.25) is 15.9 Å². The minimum Gasteiger partial charge on any atom is -0.453 e. The van der Waals surface area contributed by atoms with Crippen LogP contribution in [0.2, 0.25) is 0 Å². The Hall–Kier alpha value is -2.71. The summed E-state index contributed by atoms with van der Waals surface area (Å²) in [6.07, 6.45) is 4.41. The highest BCUT2D eigenvalue weighted by Gasteiger charge is 2.32. The molecule has 2 aliphatic rings. The summed E-state index contributed by atoms with van der Waals surface area (Å²) in [5.74, 6) is -0.741. The van der Waals surface area contributed by atoms with Crippen LogP contribution in [0.3, 0.4) is 0 Å². The van der Waals surface area contributed by atoms with Gasteiger partial charge in [0, 0.05) is 24.3 Å². The monoisotopic (exact) mass is 442 g/mol. The molecule has 4 rings (SSSR count). The van der Waals surface area contributed by atoms with Crippen LogP contribution >= 0.6 is 0 Å². The summed E-state index contributed by atoms with van der Waals surface area (Å²) in [6.45, 7) is 0. The molecule has 0 radical (unpaired) electrons. The Morgan fingerprint density at radius 2 is 1.74 bits per heavy atom. The molecule has 2 aromatic carbocycles. The number of fused-ring (bicyclic) bond motifs is 1. The number of carbonyl (C=O) groups excluding carboxylic acids is 2. The first-order valence-corrected chi connectivity index (χ1v) is 12.0. The summed E-state index contributed by atoms with van der Waals surface area (Å²) >= 11 is 0. The predicted molar refractivity (Wildman–Crippen MR) is 116 cm³/mol. The molecular weight excluding hydrogens is 416 g/mol. The molecule has 1 heterocycles. The van der Waals surface area contributed by atoms with Crippen molar-refractivity contribution in [3.8, 4) is 0 Å². The average Bonchev–Trinajstić information content (AvgIpc) is 3.09. The van der Waals surface area contributed by atoms with E-state index < -0.39 is 22.1 Å². The van der Waals surface area contributed by atoms with Crippen LogP contribution in [-0.4, -0.2) is 37.7 Å². The quantitative estimate of drug-likeness (QED) is 0.686. The van der Waals surface area contributed by atoms with E-state index in [2.05, 4.69) is 5.32 Å². The van der Waals surface area contributed by atoms with E-state index in [1.165, 1.54) is 16.4 Å². The largest absolute Gasteiger partial charge is 0.453 e. The number of cyclic esters (lactones) is 1. The van der Waals surface area contributed by atoms with Crippen molar-refractivity contribution in [3.05, 3.63) is 59.7 Å². The molecule has 1 atom stereocenters. The third-order valence-corrected chi connectivity index (χ3v) is 7.98. The lowest BCUT2D eigenvalue weighted by Gasteiger charge is -2.30. The number of ether oxygens (including phenoxy) is 1. The van der Waals surface area contributed by atoms with Crippen molar-refractivity contribution in [2.24, 2.45) is 0 Å². The molecule has 0 unspecified atom stereocenters. The number of sulfonamides is 1. The fourth-order valence-electron chi connectivity index (χ4n) is 4.27. The summed E-state index contributed by atoms with van der Waals surface area (Å²) in [5, 5.41) is 2.75. The first-order valence-electron chi connectivity index (χ1n) is 10.5. The Balaban J connectivity index is 1.39. The molecule has 164 valence electrons.